The van der Waals surface area contributed by atoms with Gasteiger partial charge in [-0.25, -0.2) is 9.59 Å². The number of imide groups is 2. The standard InChI is InChI=1S/C41H26F12N6O10/c42-38(43,44)36(39(45,46)47,16-3-7-22(34(66)67)24(9-16)28(60)56-13-54)17-4-8-23(35(68)69)25(10-17)29(61)57-15-59-31(63)21-6-2-19(12-27(21)33(59)65)37(40(48,49)50,41(51,52)53)18-1-5-20-26(11-18)32(64)58(14-55)30(20)62/h1-12H,13-15,54-55H2,(H,56,60)(H,57,61)(H,66,67)(H,68,69). The Bertz CT molecular complexity index is 2890. The van der Waals surface area contributed by atoms with Gasteiger partial charge < -0.3 is 32.3 Å². The van der Waals surface area contributed by atoms with Crippen molar-refractivity contribution in [3.63, 3.8) is 0 Å². The highest BCUT2D eigenvalue weighted by Gasteiger charge is 2.74. The molecule has 69 heavy (non-hydrogen) atoms. The van der Waals surface area contributed by atoms with Crippen LogP contribution in [0.1, 0.15) is 105 Å². The average Bonchev–Trinajstić information content (AvgIpc) is 3.62. The third kappa shape index (κ3) is 7.73. The van der Waals surface area contributed by atoms with Gasteiger partial charge in [0.05, 0.1) is 57.8 Å². The van der Waals surface area contributed by atoms with Crippen molar-refractivity contribution in [2.75, 3.05) is 20.0 Å². The molecule has 0 radical (unpaired) electrons. The van der Waals surface area contributed by atoms with Gasteiger partial charge in [0.15, 0.2) is 0 Å². The van der Waals surface area contributed by atoms with Gasteiger partial charge in [0, 0.05) is 0 Å². The molecule has 8 N–H and O–H groups in total. The number of fused-ring (bicyclic) bond motifs is 2. The normalized spacial score (nSPS) is 14.5. The van der Waals surface area contributed by atoms with Crippen molar-refractivity contribution in [1.82, 2.24) is 20.4 Å². The first-order valence-electron chi connectivity index (χ1n) is 18.9. The van der Waals surface area contributed by atoms with E-state index in [1.807, 2.05) is 5.32 Å². The van der Waals surface area contributed by atoms with Crippen LogP contribution in [-0.2, 0) is 10.8 Å². The second-order valence-electron chi connectivity index (χ2n) is 14.8. The van der Waals surface area contributed by atoms with Gasteiger partial charge in [0.25, 0.3) is 35.4 Å². The van der Waals surface area contributed by atoms with Crippen molar-refractivity contribution < 1.29 is 101 Å². The maximum atomic E-state index is 15.2. The molecule has 6 rings (SSSR count). The highest BCUT2D eigenvalue weighted by atomic mass is 19.4. The number of nitrogens with zero attached hydrogens (tertiary/aromatic N) is 2. The zero-order valence-corrected chi connectivity index (χ0v) is 33.8. The number of benzene rings is 4. The number of alkyl halides is 12. The number of halogens is 12. The molecule has 6 amide bonds. The quantitative estimate of drug-likeness (QED) is 0.0620. The lowest BCUT2D eigenvalue weighted by atomic mass is 9.71. The largest absolute Gasteiger partial charge is 0.478 e. The molecule has 4 aromatic rings. The van der Waals surface area contributed by atoms with Crippen molar-refractivity contribution >= 4 is 47.4 Å². The third-order valence-corrected chi connectivity index (χ3v) is 11.2. The summed E-state index contributed by atoms with van der Waals surface area (Å²) in [7, 11) is 0. The summed E-state index contributed by atoms with van der Waals surface area (Å²) >= 11 is 0. The fourth-order valence-corrected chi connectivity index (χ4v) is 8.06. The molecule has 0 aromatic heterocycles. The summed E-state index contributed by atoms with van der Waals surface area (Å²) in [6.07, 6.45) is -25.8. The molecule has 0 aliphatic carbocycles. The minimum Gasteiger partial charge on any atom is -0.478 e. The zero-order chi connectivity index (χ0) is 51.7. The number of carbonyl (C=O) groups is 8. The summed E-state index contributed by atoms with van der Waals surface area (Å²) in [5.74, 6) is -13.4. The molecular weight excluding hydrogens is 964 g/mol. The summed E-state index contributed by atoms with van der Waals surface area (Å²) < 4.78 is 182. The van der Waals surface area contributed by atoms with Gasteiger partial charge in [0.1, 0.15) is 6.67 Å². The Labute approximate surface area is 375 Å². The van der Waals surface area contributed by atoms with Crippen molar-refractivity contribution in [2.45, 2.75) is 35.5 Å². The van der Waals surface area contributed by atoms with Crippen LogP contribution in [0.2, 0.25) is 0 Å². The number of hydrogen-bond donors (Lipinski definition) is 6. The number of hydrogen-bond acceptors (Lipinski definition) is 10. The third-order valence-electron chi connectivity index (χ3n) is 11.2. The maximum Gasteiger partial charge on any atom is 0.411 e. The number of rotatable bonds is 12. The molecular formula is C41H26F12N6O10. The van der Waals surface area contributed by atoms with E-state index in [0.29, 0.717) is 17.0 Å². The minimum absolute atomic E-state index is 0.00935. The molecule has 364 valence electrons. The number of carboxylic acid groups (broad SMARTS) is 2. The molecule has 0 atom stereocenters. The summed E-state index contributed by atoms with van der Waals surface area (Å²) in [5, 5.41) is 22.8. The number of nitrogens with two attached hydrogens (primary N) is 2. The van der Waals surface area contributed by atoms with E-state index in [2.05, 4.69) is 0 Å². The molecule has 0 saturated heterocycles. The van der Waals surface area contributed by atoms with Crippen LogP contribution in [0.25, 0.3) is 0 Å². The smallest absolute Gasteiger partial charge is 0.411 e. The van der Waals surface area contributed by atoms with Crippen LogP contribution in [0, 0.1) is 0 Å². The molecule has 2 aliphatic rings. The Morgan fingerprint density at radius 2 is 0.768 bits per heavy atom. The first-order chi connectivity index (χ1) is 31.8. The molecule has 0 unspecified atom stereocenters. The van der Waals surface area contributed by atoms with Gasteiger partial charge in [0.2, 0.25) is 10.8 Å². The molecule has 28 heteroatoms. The Morgan fingerprint density at radius 1 is 0.449 bits per heavy atom. The van der Waals surface area contributed by atoms with E-state index in [9.17, 15) is 48.6 Å². The highest BCUT2D eigenvalue weighted by molar-refractivity contribution is 6.22. The average molecular weight is 991 g/mol. The highest BCUT2D eigenvalue weighted by Crippen LogP contribution is 2.58. The molecule has 16 nitrogen and oxygen atoms in total. The Hall–Kier alpha value is -7.88. The SMILES string of the molecule is NCNC(=O)c1cc(C(c2ccc(C(=O)O)c(C(=O)NCN3C(=O)c4ccc(C(c5ccc6c(c5)C(=O)N(CN)C6=O)(C(F)(F)F)C(F)(F)F)cc4C3=O)c2)(C(F)(F)F)C(F)(F)F)ccc1C(=O)O. The summed E-state index contributed by atoms with van der Waals surface area (Å²) in [6.45, 7) is -3.09. The number of aromatic carboxylic acids is 2. The predicted molar refractivity (Wildman–Crippen MR) is 204 cm³/mol. The van der Waals surface area contributed by atoms with Gasteiger partial charge in [-0.15, -0.1) is 0 Å². The molecule has 0 bridgehead atoms. The van der Waals surface area contributed by atoms with E-state index in [1.54, 1.807) is 5.32 Å². The van der Waals surface area contributed by atoms with E-state index >= 15 is 52.7 Å². The second-order valence-corrected chi connectivity index (χ2v) is 14.8. The topological polar surface area (TPSA) is 260 Å². The first kappa shape index (κ1) is 50.5. The summed E-state index contributed by atoms with van der Waals surface area (Å²) in [5.41, 5.74) is -16.0. The summed E-state index contributed by atoms with van der Waals surface area (Å²) in [6, 6.07) is 1.51. The van der Waals surface area contributed by atoms with Crippen molar-refractivity contribution in [3.05, 3.63) is 140 Å². The van der Waals surface area contributed by atoms with E-state index in [4.69, 9.17) is 11.5 Å². The van der Waals surface area contributed by atoms with E-state index in [1.165, 1.54) is 0 Å². The monoisotopic (exact) mass is 990 g/mol. The van der Waals surface area contributed by atoms with E-state index < -0.39 is 170 Å². The van der Waals surface area contributed by atoms with Crippen LogP contribution in [0.3, 0.4) is 0 Å². The molecule has 2 heterocycles. The van der Waals surface area contributed by atoms with Crippen LogP contribution in [-0.4, -0.2) is 112 Å². The minimum atomic E-state index is -6.52. The maximum absolute atomic E-state index is 15.2. The number of nitrogens with one attached hydrogen (secondary N) is 2. The molecule has 0 spiro atoms. The zero-order valence-electron chi connectivity index (χ0n) is 33.8. The van der Waals surface area contributed by atoms with Crippen molar-refractivity contribution in [2.24, 2.45) is 11.5 Å². The lowest BCUT2D eigenvalue weighted by Gasteiger charge is -2.38. The number of amides is 6. The van der Waals surface area contributed by atoms with Crippen molar-refractivity contribution in [1.29, 1.82) is 0 Å². The Morgan fingerprint density at radius 3 is 1.12 bits per heavy atom. The Kier molecular flexibility index (Phi) is 12.5. The van der Waals surface area contributed by atoms with E-state index in [-0.39, 0.29) is 65.6 Å². The van der Waals surface area contributed by atoms with Crippen molar-refractivity contribution in [3.8, 4) is 0 Å². The second kappa shape index (κ2) is 17.0. The lowest BCUT2D eigenvalue weighted by molar-refractivity contribution is -0.290. The van der Waals surface area contributed by atoms with Gasteiger partial charge >= 0.3 is 36.6 Å². The first-order valence-corrected chi connectivity index (χ1v) is 18.9. The van der Waals surface area contributed by atoms with Gasteiger partial charge in [-0.3, -0.25) is 38.6 Å². The molecule has 0 saturated carbocycles. The van der Waals surface area contributed by atoms with Crippen LogP contribution >= 0.6 is 0 Å². The van der Waals surface area contributed by atoms with Gasteiger partial charge in [-0.1, -0.05) is 24.3 Å². The number of carboxylic acids is 2. The van der Waals surface area contributed by atoms with Crippen LogP contribution < -0.4 is 22.1 Å². The number of carbonyl (C=O) groups excluding carboxylic acids is 6. The molecule has 0 fully saturated rings. The fraction of sp³-hybridized carbons (Fsp3) is 0.220. The van der Waals surface area contributed by atoms with Gasteiger partial charge in [-0.2, -0.15) is 52.7 Å². The lowest BCUT2D eigenvalue weighted by Crippen LogP contribution is -2.55. The Balaban J connectivity index is 1.41. The van der Waals surface area contributed by atoms with Crippen LogP contribution in [0.4, 0.5) is 52.7 Å². The van der Waals surface area contributed by atoms with Gasteiger partial charge in [-0.05, 0) is 70.8 Å². The molecule has 4 aromatic carbocycles. The van der Waals surface area contributed by atoms with Crippen LogP contribution in [0.5, 0.6) is 0 Å². The predicted octanol–water partition coefficient (Wildman–Crippen LogP) is 5.05. The fourth-order valence-electron chi connectivity index (χ4n) is 8.06. The molecule has 2 aliphatic heterocycles. The summed E-state index contributed by atoms with van der Waals surface area (Å²) in [4.78, 5) is 103. The van der Waals surface area contributed by atoms with Crippen LogP contribution in [0.15, 0.2) is 72.8 Å². The van der Waals surface area contributed by atoms with E-state index in [0.717, 1.165) is 0 Å².